The summed E-state index contributed by atoms with van der Waals surface area (Å²) in [4.78, 5) is 11.3. The summed E-state index contributed by atoms with van der Waals surface area (Å²) < 4.78 is 5.89. The van der Waals surface area contributed by atoms with Crippen LogP contribution in [0.3, 0.4) is 0 Å². The molecule has 3 saturated carbocycles. The van der Waals surface area contributed by atoms with Crippen molar-refractivity contribution in [2.45, 2.75) is 25.8 Å². The highest BCUT2D eigenvalue weighted by atomic mass is 16.5. The van der Waals surface area contributed by atoms with Crippen LogP contribution in [0.5, 0.6) is 5.75 Å². The van der Waals surface area contributed by atoms with E-state index in [1.165, 1.54) is 18.4 Å². The quantitative estimate of drug-likeness (QED) is 0.567. The smallest absolute Gasteiger partial charge is 0.248 e. The van der Waals surface area contributed by atoms with Gasteiger partial charge in [-0.15, -0.1) is 0 Å². The van der Waals surface area contributed by atoms with Gasteiger partial charge in [-0.25, -0.2) is 0 Å². The Balaban J connectivity index is 1.27. The first-order chi connectivity index (χ1) is 13.5. The number of primary amides is 1. The molecule has 2 bridgehead atoms. The fourth-order valence-electron chi connectivity index (χ4n) is 4.63. The van der Waals surface area contributed by atoms with E-state index in [-0.39, 0.29) is 0 Å². The largest absolute Gasteiger partial charge is 0.492 e. The summed E-state index contributed by atoms with van der Waals surface area (Å²) in [5, 5.41) is 3.67. The number of hydrogen-bond acceptors (Lipinski definition) is 3. The van der Waals surface area contributed by atoms with E-state index in [9.17, 15) is 4.79 Å². The number of rotatable bonds is 7. The summed E-state index contributed by atoms with van der Waals surface area (Å²) in [6.45, 7) is 8.08. The first-order valence-electron chi connectivity index (χ1n) is 10.1. The number of carbonyl (C=O) groups is 1. The molecule has 4 nitrogen and oxygen atoms in total. The molecular formula is C24H28N2O2. The Morgan fingerprint density at radius 3 is 2.64 bits per heavy atom. The Hall–Kier alpha value is -2.59. The van der Waals surface area contributed by atoms with Gasteiger partial charge in [-0.3, -0.25) is 4.79 Å². The Bertz CT molecular complexity index is 874. The molecule has 146 valence electrons. The molecule has 1 amide bonds. The zero-order valence-electron chi connectivity index (χ0n) is 16.4. The number of nitrogens with one attached hydrogen (secondary N) is 1. The van der Waals surface area contributed by atoms with E-state index in [0.717, 1.165) is 35.3 Å². The highest BCUT2D eigenvalue weighted by molar-refractivity contribution is 5.94. The lowest BCUT2D eigenvalue weighted by atomic mass is 9.56. The molecule has 3 aliphatic carbocycles. The van der Waals surface area contributed by atoms with Crippen molar-refractivity contribution in [1.29, 1.82) is 0 Å². The SMILES string of the molecule is C=C1[C@@H]2C[C@@H](NCCOc3ccc(-c4cccc(C(N)=O)c4)cc3)[C@H](C)[C@H]1C2. The summed E-state index contributed by atoms with van der Waals surface area (Å²) in [5.74, 6) is 2.57. The maximum atomic E-state index is 11.3. The first kappa shape index (κ1) is 18.8. The van der Waals surface area contributed by atoms with Crippen LogP contribution < -0.4 is 15.8 Å². The number of carbonyl (C=O) groups excluding carboxylic acids is 1. The molecule has 0 unspecified atom stereocenters. The fraction of sp³-hybridized carbons (Fsp3) is 0.375. The number of ether oxygens (including phenoxy) is 1. The molecule has 28 heavy (non-hydrogen) atoms. The number of fused-ring (bicyclic) bond motifs is 2. The molecule has 3 N–H and O–H groups in total. The average Bonchev–Trinajstić information content (AvgIpc) is 2.72. The molecule has 3 fully saturated rings. The lowest BCUT2D eigenvalue weighted by Crippen LogP contribution is -2.52. The van der Waals surface area contributed by atoms with Gasteiger partial charge in [0, 0.05) is 18.2 Å². The van der Waals surface area contributed by atoms with Crippen LogP contribution in [0.1, 0.15) is 30.1 Å². The molecule has 4 heteroatoms. The molecule has 5 rings (SSSR count). The highest BCUT2D eigenvalue weighted by Gasteiger charge is 2.46. The Kier molecular flexibility index (Phi) is 5.23. The topological polar surface area (TPSA) is 64.3 Å². The van der Waals surface area contributed by atoms with Gasteiger partial charge in [0.2, 0.25) is 5.91 Å². The van der Waals surface area contributed by atoms with Gasteiger partial charge in [0.15, 0.2) is 0 Å². The zero-order valence-corrected chi connectivity index (χ0v) is 16.4. The van der Waals surface area contributed by atoms with Crippen molar-refractivity contribution in [3.8, 4) is 16.9 Å². The summed E-state index contributed by atoms with van der Waals surface area (Å²) in [6, 6.07) is 15.9. The molecular weight excluding hydrogens is 348 g/mol. The maximum absolute atomic E-state index is 11.3. The third kappa shape index (κ3) is 3.69. The number of allylic oxidation sites excluding steroid dienone is 1. The molecule has 0 radical (unpaired) electrons. The van der Waals surface area contributed by atoms with Crippen molar-refractivity contribution in [3.63, 3.8) is 0 Å². The monoisotopic (exact) mass is 376 g/mol. The lowest BCUT2D eigenvalue weighted by Gasteiger charge is -2.52. The molecule has 2 aromatic rings. The van der Waals surface area contributed by atoms with Gasteiger partial charge in [0.1, 0.15) is 12.4 Å². The highest BCUT2D eigenvalue weighted by Crippen LogP contribution is 2.52. The van der Waals surface area contributed by atoms with E-state index in [1.807, 2.05) is 42.5 Å². The summed E-state index contributed by atoms with van der Waals surface area (Å²) in [6.07, 6.45) is 2.55. The van der Waals surface area contributed by atoms with Crippen LogP contribution in [0, 0.1) is 17.8 Å². The lowest BCUT2D eigenvalue weighted by molar-refractivity contribution is 0.0999. The van der Waals surface area contributed by atoms with E-state index in [0.29, 0.717) is 24.1 Å². The van der Waals surface area contributed by atoms with E-state index < -0.39 is 5.91 Å². The minimum absolute atomic E-state index is 0.414. The Morgan fingerprint density at radius 2 is 1.96 bits per heavy atom. The van der Waals surface area contributed by atoms with Gasteiger partial charge >= 0.3 is 0 Å². The predicted molar refractivity (Wildman–Crippen MR) is 112 cm³/mol. The molecule has 0 spiro atoms. The van der Waals surface area contributed by atoms with Gasteiger partial charge in [-0.2, -0.15) is 0 Å². The van der Waals surface area contributed by atoms with Gasteiger partial charge in [0.25, 0.3) is 0 Å². The van der Waals surface area contributed by atoms with Crippen LogP contribution in [0.2, 0.25) is 0 Å². The normalized spacial score (nSPS) is 25.8. The van der Waals surface area contributed by atoms with Gasteiger partial charge in [-0.1, -0.05) is 43.3 Å². The van der Waals surface area contributed by atoms with E-state index in [1.54, 1.807) is 6.07 Å². The molecule has 4 atom stereocenters. The van der Waals surface area contributed by atoms with Gasteiger partial charge in [-0.05, 0) is 66.0 Å². The standard InChI is InChI=1S/C24H28N2O2/c1-15-20-13-22(15)16(2)23(14-20)26-10-11-28-21-8-6-17(7-9-21)18-4-3-5-19(12-18)24(25)27/h3-9,12,16,20,22-23,26H,1,10-11,13-14H2,2H3,(H2,25,27)/t16-,20+,22+,23-/m1/s1. The van der Waals surface area contributed by atoms with Crippen LogP contribution in [-0.4, -0.2) is 25.1 Å². The van der Waals surface area contributed by atoms with Crippen LogP contribution in [0.15, 0.2) is 60.7 Å². The second-order valence-corrected chi connectivity index (χ2v) is 8.09. The zero-order chi connectivity index (χ0) is 19.7. The third-order valence-corrected chi connectivity index (χ3v) is 6.46. The van der Waals surface area contributed by atoms with Crippen molar-refractivity contribution in [3.05, 3.63) is 66.2 Å². The van der Waals surface area contributed by atoms with Gasteiger partial charge in [0.05, 0.1) is 0 Å². The summed E-state index contributed by atoms with van der Waals surface area (Å²) >= 11 is 0. The molecule has 0 aliphatic heterocycles. The summed E-state index contributed by atoms with van der Waals surface area (Å²) in [7, 11) is 0. The van der Waals surface area contributed by atoms with Crippen molar-refractivity contribution < 1.29 is 9.53 Å². The van der Waals surface area contributed by atoms with Crippen molar-refractivity contribution in [1.82, 2.24) is 5.32 Å². The Labute approximate surface area is 166 Å². The van der Waals surface area contributed by atoms with E-state index in [2.05, 4.69) is 18.8 Å². The maximum Gasteiger partial charge on any atom is 0.248 e. The number of hydrogen-bond donors (Lipinski definition) is 2. The minimum Gasteiger partial charge on any atom is -0.492 e. The molecule has 3 aliphatic rings. The second-order valence-electron chi connectivity index (χ2n) is 8.09. The van der Waals surface area contributed by atoms with Crippen molar-refractivity contribution >= 4 is 5.91 Å². The number of benzene rings is 2. The molecule has 0 heterocycles. The van der Waals surface area contributed by atoms with E-state index >= 15 is 0 Å². The molecule has 0 aromatic heterocycles. The van der Waals surface area contributed by atoms with Gasteiger partial charge < -0.3 is 15.8 Å². The van der Waals surface area contributed by atoms with Crippen LogP contribution in [0.25, 0.3) is 11.1 Å². The second kappa shape index (κ2) is 7.80. The van der Waals surface area contributed by atoms with Crippen LogP contribution >= 0.6 is 0 Å². The average molecular weight is 377 g/mol. The molecule has 0 saturated heterocycles. The van der Waals surface area contributed by atoms with E-state index in [4.69, 9.17) is 10.5 Å². The van der Waals surface area contributed by atoms with Crippen molar-refractivity contribution in [2.75, 3.05) is 13.2 Å². The van der Waals surface area contributed by atoms with Crippen molar-refractivity contribution in [2.24, 2.45) is 23.5 Å². The van der Waals surface area contributed by atoms with Crippen LogP contribution in [-0.2, 0) is 0 Å². The number of nitrogens with two attached hydrogens (primary N) is 1. The Morgan fingerprint density at radius 1 is 1.18 bits per heavy atom. The fourth-order valence-corrected chi connectivity index (χ4v) is 4.63. The summed E-state index contributed by atoms with van der Waals surface area (Å²) in [5.41, 5.74) is 9.35. The minimum atomic E-state index is -0.414. The first-order valence-corrected chi connectivity index (χ1v) is 10.1. The molecule has 2 aromatic carbocycles. The van der Waals surface area contributed by atoms with Crippen LogP contribution in [0.4, 0.5) is 0 Å². The predicted octanol–water partition coefficient (Wildman–Crippen LogP) is 4.02. The third-order valence-electron chi connectivity index (χ3n) is 6.46. The number of amides is 1.